The lowest BCUT2D eigenvalue weighted by atomic mass is 10.1. The van der Waals surface area contributed by atoms with E-state index in [0.29, 0.717) is 6.42 Å². The van der Waals surface area contributed by atoms with Gasteiger partial charge in [0.2, 0.25) is 0 Å². The Kier molecular flexibility index (Phi) is 5.79. The van der Waals surface area contributed by atoms with E-state index in [2.05, 4.69) is 21.1 Å². The summed E-state index contributed by atoms with van der Waals surface area (Å²) in [6, 6.07) is 9.93. The maximum Gasteiger partial charge on any atom is 0.155 e. The van der Waals surface area contributed by atoms with Crippen LogP contribution in [0.1, 0.15) is 24.8 Å². The number of rotatable bonds is 7. The largest absolute Gasteiger partial charge is 0.331 e. The minimum atomic E-state index is 0.222. The number of hydrogen-bond acceptors (Lipinski definition) is 1. The van der Waals surface area contributed by atoms with Crippen molar-refractivity contribution in [3.63, 3.8) is 0 Å². The van der Waals surface area contributed by atoms with Crippen LogP contribution in [0, 0.1) is 0 Å². The van der Waals surface area contributed by atoms with E-state index in [4.69, 9.17) is 0 Å². The second-order valence-corrected chi connectivity index (χ2v) is 5.68. The average Bonchev–Trinajstić information content (AvgIpc) is 2.32. The molecular weight excluding hydrogens is 222 g/mol. The van der Waals surface area contributed by atoms with Gasteiger partial charge in [-0.05, 0) is 24.5 Å². The Morgan fingerprint density at radius 3 is 2.39 bits per heavy atom. The maximum atomic E-state index is 11.6. The SMILES string of the molecule is C[N+](C)(C)CCCCC(=O)/C=C/c1ccccc1. The second kappa shape index (κ2) is 7.12. The summed E-state index contributed by atoms with van der Waals surface area (Å²) in [5.41, 5.74) is 1.08. The van der Waals surface area contributed by atoms with Crippen molar-refractivity contribution >= 4 is 11.9 Å². The molecule has 0 aliphatic heterocycles. The molecule has 0 bridgehead atoms. The Hall–Kier alpha value is -1.41. The monoisotopic (exact) mass is 246 g/mol. The predicted octanol–water partition coefficient (Wildman–Crippen LogP) is 3.15. The highest BCUT2D eigenvalue weighted by Crippen LogP contribution is 2.05. The van der Waals surface area contributed by atoms with Crippen molar-refractivity contribution in [1.82, 2.24) is 0 Å². The van der Waals surface area contributed by atoms with Crippen LogP contribution in [0.25, 0.3) is 6.08 Å². The van der Waals surface area contributed by atoms with Gasteiger partial charge in [0, 0.05) is 6.42 Å². The van der Waals surface area contributed by atoms with Gasteiger partial charge in [-0.2, -0.15) is 0 Å². The van der Waals surface area contributed by atoms with Gasteiger partial charge in [-0.1, -0.05) is 36.4 Å². The molecule has 2 heteroatoms. The molecule has 0 aliphatic rings. The van der Waals surface area contributed by atoms with E-state index >= 15 is 0 Å². The normalized spacial score (nSPS) is 11.9. The summed E-state index contributed by atoms with van der Waals surface area (Å²) < 4.78 is 0.966. The Balaban J connectivity index is 2.24. The standard InChI is InChI=1S/C16H24NO/c1-17(2,3)14-8-7-11-16(18)13-12-15-9-5-4-6-10-15/h4-6,9-10,12-13H,7-8,11,14H2,1-3H3/q+1/b13-12+. The van der Waals surface area contributed by atoms with Crippen molar-refractivity contribution in [1.29, 1.82) is 0 Å². The fraction of sp³-hybridized carbons (Fsp3) is 0.438. The average molecular weight is 246 g/mol. The number of carbonyl (C=O) groups excluding carboxylic acids is 1. The minimum Gasteiger partial charge on any atom is -0.331 e. The number of benzene rings is 1. The van der Waals surface area contributed by atoms with Crippen molar-refractivity contribution in [2.24, 2.45) is 0 Å². The third kappa shape index (κ3) is 7.02. The molecule has 0 N–H and O–H groups in total. The minimum absolute atomic E-state index is 0.222. The summed E-state index contributed by atoms with van der Waals surface area (Å²) in [7, 11) is 6.53. The summed E-state index contributed by atoms with van der Waals surface area (Å²) >= 11 is 0. The molecule has 1 aromatic carbocycles. The van der Waals surface area contributed by atoms with Crippen molar-refractivity contribution in [3.8, 4) is 0 Å². The zero-order valence-corrected chi connectivity index (χ0v) is 11.7. The van der Waals surface area contributed by atoms with Crippen LogP contribution in [0.2, 0.25) is 0 Å². The zero-order valence-electron chi connectivity index (χ0n) is 11.7. The van der Waals surface area contributed by atoms with Gasteiger partial charge < -0.3 is 4.48 Å². The van der Waals surface area contributed by atoms with Crippen LogP contribution in [0.3, 0.4) is 0 Å². The van der Waals surface area contributed by atoms with Crippen LogP contribution < -0.4 is 0 Å². The first-order valence-corrected chi connectivity index (χ1v) is 6.54. The molecule has 0 spiro atoms. The van der Waals surface area contributed by atoms with Crippen molar-refractivity contribution < 1.29 is 9.28 Å². The van der Waals surface area contributed by atoms with E-state index < -0.39 is 0 Å². The Morgan fingerprint density at radius 2 is 1.78 bits per heavy atom. The lowest BCUT2D eigenvalue weighted by Gasteiger charge is -2.23. The van der Waals surface area contributed by atoms with Crippen LogP contribution in [0.4, 0.5) is 0 Å². The number of nitrogens with zero attached hydrogens (tertiary/aromatic N) is 1. The topological polar surface area (TPSA) is 17.1 Å². The highest BCUT2D eigenvalue weighted by atomic mass is 16.1. The van der Waals surface area contributed by atoms with Gasteiger partial charge in [0.15, 0.2) is 5.78 Å². The summed E-state index contributed by atoms with van der Waals surface area (Å²) in [6.45, 7) is 1.12. The molecular formula is C16H24NO+. The van der Waals surface area contributed by atoms with Crippen LogP contribution in [0.5, 0.6) is 0 Å². The molecule has 18 heavy (non-hydrogen) atoms. The van der Waals surface area contributed by atoms with Gasteiger partial charge in [0.1, 0.15) is 0 Å². The maximum absolute atomic E-state index is 11.6. The predicted molar refractivity (Wildman–Crippen MR) is 77.2 cm³/mol. The van der Waals surface area contributed by atoms with Crippen LogP contribution >= 0.6 is 0 Å². The van der Waals surface area contributed by atoms with Gasteiger partial charge in [-0.15, -0.1) is 0 Å². The lowest BCUT2D eigenvalue weighted by Crippen LogP contribution is -2.35. The smallest absolute Gasteiger partial charge is 0.155 e. The molecule has 0 atom stereocenters. The van der Waals surface area contributed by atoms with Gasteiger partial charge in [0.25, 0.3) is 0 Å². The second-order valence-electron chi connectivity index (χ2n) is 5.68. The fourth-order valence-electron chi connectivity index (χ4n) is 1.72. The Morgan fingerprint density at radius 1 is 1.11 bits per heavy atom. The first-order valence-electron chi connectivity index (χ1n) is 6.54. The van der Waals surface area contributed by atoms with Crippen molar-refractivity contribution in [3.05, 3.63) is 42.0 Å². The molecule has 98 valence electrons. The van der Waals surface area contributed by atoms with Gasteiger partial charge in [-0.25, -0.2) is 0 Å². The van der Waals surface area contributed by atoms with Gasteiger partial charge in [-0.3, -0.25) is 4.79 Å². The molecule has 0 unspecified atom stereocenters. The number of ketones is 1. The molecule has 0 fully saturated rings. The van der Waals surface area contributed by atoms with E-state index in [-0.39, 0.29) is 5.78 Å². The zero-order chi connectivity index (χ0) is 13.4. The van der Waals surface area contributed by atoms with E-state index in [1.54, 1.807) is 6.08 Å². The molecule has 1 aromatic rings. The molecule has 0 saturated heterocycles. The fourth-order valence-corrected chi connectivity index (χ4v) is 1.72. The molecule has 0 radical (unpaired) electrons. The molecule has 0 saturated carbocycles. The van der Waals surface area contributed by atoms with E-state index in [1.807, 2.05) is 36.4 Å². The molecule has 1 rings (SSSR count). The van der Waals surface area contributed by atoms with Gasteiger partial charge in [0.05, 0.1) is 27.7 Å². The van der Waals surface area contributed by atoms with E-state index in [9.17, 15) is 4.79 Å². The summed E-state index contributed by atoms with van der Waals surface area (Å²) in [5.74, 6) is 0.222. The molecule has 0 aromatic heterocycles. The summed E-state index contributed by atoms with van der Waals surface area (Å²) in [4.78, 5) is 11.6. The molecule has 0 heterocycles. The third-order valence-electron chi connectivity index (χ3n) is 2.76. The Bertz CT molecular complexity index is 387. The van der Waals surface area contributed by atoms with Crippen molar-refractivity contribution in [2.45, 2.75) is 19.3 Å². The van der Waals surface area contributed by atoms with E-state index in [1.165, 1.54) is 0 Å². The Labute approximate surface area is 111 Å². The van der Waals surface area contributed by atoms with Crippen LogP contribution in [-0.4, -0.2) is 38.0 Å². The number of carbonyl (C=O) groups is 1. The first-order chi connectivity index (χ1) is 8.47. The lowest BCUT2D eigenvalue weighted by molar-refractivity contribution is -0.870. The van der Waals surface area contributed by atoms with Crippen LogP contribution in [0.15, 0.2) is 36.4 Å². The van der Waals surface area contributed by atoms with E-state index in [0.717, 1.165) is 29.4 Å². The van der Waals surface area contributed by atoms with Crippen molar-refractivity contribution in [2.75, 3.05) is 27.7 Å². The summed E-state index contributed by atoms with van der Waals surface area (Å²) in [6.07, 6.45) is 6.33. The third-order valence-corrected chi connectivity index (χ3v) is 2.76. The number of unbranched alkanes of at least 4 members (excludes halogenated alkanes) is 1. The highest BCUT2D eigenvalue weighted by molar-refractivity contribution is 5.93. The number of hydrogen-bond donors (Lipinski definition) is 0. The molecule has 2 nitrogen and oxygen atoms in total. The van der Waals surface area contributed by atoms with Crippen LogP contribution in [-0.2, 0) is 4.79 Å². The van der Waals surface area contributed by atoms with Gasteiger partial charge >= 0.3 is 0 Å². The quantitative estimate of drug-likeness (QED) is 0.410. The number of allylic oxidation sites excluding steroid dienone is 1. The number of quaternary nitrogens is 1. The first kappa shape index (κ1) is 14.7. The summed E-state index contributed by atoms with van der Waals surface area (Å²) in [5, 5.41) is 0. The molecule has 0 amide bonds. The highest BCUT2D eigenvalue weighted by Gasteiger charge is 2.06. The molecule has 0 aliphatic carbocycles.